The zero-order valence-corrected chi connectivity index (χ0v) is 14.1. The molecule has 0 aromatic rings. The minimum atomic E-state index is -1.54. The molecule has 0 aromatic carbocycles. The van der Waals surface area contributed by atoms with Crippen LogP contribution in [-0.4, -0.2) is 46.1 Å². The second-order valence-corrected chi connectivity index (χ2v) is 7.93. The van der Waals surface area contributed by atoms with Crippen LogP contribution in [0.2, 0.25) is 0 Å². The topological polar surface area (TPSA) is 87.7 Å². The molecule has 22 heavy (non-hydrogen) atoms. The van der Waals surface area contributed by atoms with Crippen molar-refractivity contribution >= 4 is 12.0 Å². The number of carbonyl (C=O) groups excluding carboxylic acids is 2. The molecule has 7 heteroatoms. The Bertz CT molecular complexity index is 434. The minimum absolute atomic E-state index is 0.120. The average molecular weight is 318 g/mol. The van der Waals surface area contributed by atoms with Gasteiger partial charge in [-0.1, -0.05) is 0 Å². The van der Waals surface area contributed by atoms with Crippen LogP contribution < -0.4 is 10.6 Å². The number of alkyl halides is 1. The summed E-state index contributed by atoms with van der Waals surface area (Å²) in [5, 5.41) is 15.4. The van der Waals surface area contributed by atoms with Gasteiger partial charge in [-0.25, -0.2) is 9.18 Å². The molecule has 3 N–H and O–H groups in total. The third-order valence-corrected chi connectivity index (χ3v) is 3.19. The lowest BCUT2D eigenvalue weighted by Gasteiger charge is -2.47. The SMILES string of the molecule is CC(C)(C)NC(=O)C(O)C1(NC(=O)OC(C)(C)C)CC(F)C1. The summed E-state index contributed by atoms with van der Waals surface area (Å²) >= 11 is 0. The van der Waals surface area contributed by atoms with Crippen LogP contribution in [0.1, 0.15) is 54.4 Å². The number of hydrogen-bond acceptors (Lipinski definition) is 4. The van der Waals surface area contributed by atoms with Crippen molar-refractivity contribution < 1.29 is 23.8 Å². The van der Waals surface area contributed by atoms with Crippen LogP contribution in [0.25, 0.3) is 0 Å². The van der Waals surface area contributed by atoms with Crippen LogP contribution in [0.15, 0.2) is 0 Å². The molecule has 0 bridgehead atoms. The van der Waals surface area contributed by atoms with E-state index in [1.54, 1.807) is 41.5 Å². The maximum absolute atomic E-state index is 13.3. The molecule has 6 nitrogen and oxygen atoms in total. The highest BCUT2D eigenvalue weighted by Crippen LogP contribution is 2.38. The fourth-order valence-electron chi connectivity index (χ4n) is 2.32. The molecule has 1 aliphatic carbocycles. The van der Waals surface area contributed by atoms with Crippen LogP contribution in [0, 0.1) is 0 Å². The van der Waals surface area contributed by atoms with E-state index < -0.39 is 41.0 Å². The normalized spacial score (nSPS) is 26.6. The van der Waals surface area contributed by atoms with Crippen molar-refractivity contribution in [3.05, 3.63) is 0 Å². The van der Waals surface area contributed by atoms with Gasteiger partial charge >= 0.3 is 6.09 Å². The van der Waals surface area contributed by atoms with Gasteiger partial charge in [0.25, 0.3) is 5.91 Å². The highest BCUT2D eigenvalue weighted by atomic mass is 19.1. The molecule has 0 saturated heterocycles. The number of alkyl carbamates (subject to hydrolysis) is 1. The summed E-state index contributed by atoms with van der Waals surface area (Å²) in [6.45, 7) is 10.4. The summed E-state index contributed by atoms with van der Waals surface area (Å²) in [7, 11) is 0. The van der Waals surface area contributed by atoms with Gasteiger partial charge in [-0.15, -0.1) is 0 Å². The molecule has 0 radical (unpaired) electrons. The van der Waals surface area contributed by atoms with Crippen molar-refractivity contribution in [2.24, 2.45) is 0 Å². The van der Waals surface area contributed by atoms with E-state index in [-0.39, 0.29) is 12.8 Å². The van der Waals surface area contributed by atoms with Crippen molar-refractivity contribution in [3.8, 4) is 0 Å². The van der Waals surface area contributed by atoms with Gasteiger partial charge in [0.1, 0.15) is 11.8 Å². The van der Waals surface area contributed by atoms with E-state index in [1.165, 1.54) is 0 Å². The van der Waals surface area contributed by atoms with Gasteiger partial charge in [0.15, 0.2) is 6.10 Å². The number of halogens is 1. The Balaban J connectivity index is 2.79. The van der Waals surface area contributed by atoms with E-state index in [2.05, 4.69) is 10.6 Å². The third kappa shape index (κ3) is 5.12. The number of aliphatic hydroxyl groups excluding tert-OH is 1. The van der Waals surface area contributed by atoms with E-state index in [1.807, 2.05) is 0 Å². The number of aliphatic hydroxyl groups is 1. The largest absolute Gasteiger partial charge is 0.444 e. The second-order valence-electron chi connectivity index (χ2n) is 7.93. The van der Waals surface area contributed by atoms with Gasteiger partial charge in [0, 0.05) is 18.4 Å². The lowest BCUT2D eigenvalue weighted by molar-refractivity contribution is -0.140. The second kappa shape index (κ2) is 6.02. The first-order chi connectivity index (χ1) is 9.74. The van der Waals surface area contributed by atoms with Crippen molar-refractivity contribution in [3.63, 3.8) is 0 Å². The first kappa shape index (κ1) is 18.7. The number of nitrogens with one attached hydrogen (secondary N) is 2. The highest BCUT2D eigenvalue weighted by molar-refractivity contribution is 5.84. The molecular formula is C15H27FN2O4. The zero-order chi connectivity index (χ0) is 17.3. The fraction of sp³-hybridized carbons (Fsp3) is 0.867. The quantitative estimate of drug-likeness (QED) is 0.738. The van der Waals surface area contributed by atoms with Crippen molar-refractivity contribution in [2.45, 2.75) is 83.3 Å². The Morgan fingerprint density at radius 1 is 1.23 bits per heavy atom. The van der Waals surface area contributed by atoms with Crippen molar-refractivity contribution in [1.82, 2.24) is 10.6 Å². The van der Waals surface area contributed by atoms with E-state index >= 15 is 0 Å². The van der Waals surface area contributed by atoms with Crippen LogP contribution in [0.5, 0.6) is 0 Å². The van der Waals surface area contributed by atoms with Crippen LogP contribution in [0.4, 0.5) is 9.18 Å². The van der Waals surface area contributed by atoms with Gasteiger partial charge in [-0.3, -0.25) is 4.79 Å². The molecule has 128 valence electrons. The number of amides is 2. The van der Waals surface area contributed by atoms with Gasteiger partial charge in [-0.2, -0.15) is 0 Å². The molecule has 1 rings (SSSR count). The Labute approximate surface area is 130 Å². The maximum atomic E-state index is 13.3. The molecule has 1 unspecified atom stereocenters. The highest BCUT2D eigenvalue weighted by Gasteiger charge is 2.54. The predicted octanol–water partition coefficient (Wildman–Crippen LogP) is 1.66. The van der Waals surface area contributed by atoms with E-state index in [9.17, 15) is 19.1 Å². The molecule has 0 aromatic heterocycles. The Morgan fingerprint density at radius 3 is 2.09 bits per heavy atom. The molecule has 1 atom stereocenters. The van der Waals surface area contributed by atoms with Gasteiger partial charge < -0.3 is 20.5 Å². The number of ether oxygens (including phenoxy) is 1. The van der Waals surface area contributed by atoms with E-state index in [0.29, 0.717) is 0 Å². The third-order valence-electron chi connectivity index (χ3n) is 3.19. The van der Waals surface area contributed by atoms with Crippen LogP contribution in [-0.2, 0) is 9.53 Å². The first-order valence-corrected chi connectivity index (χ1v) is 7.39. The molecule has 0 heterocycles. The minimum Gasteiger partial charge on any atom is -0.444 e. The van der Waals surface area contributed by atoms with E-state index in [4.69, 9.17) is 4.74 Å². The van der Waals surface area contributed by atoms with Crippen LogP contribution >= 0.6 is 0 Å². The molecule has 0 spiro atoms. The van der Waals surface area contributed by atoms with Gasteiger partial charge in [-0.05, 0) is 41.5 Å². The monoisotopic (exact) mass is 318 g/mol. The van der Waals surface area contributed by atoms with E-state index in [0.717, 1.165) is 0 Å². The lowest BCUT2D eigenvalue weighted by atomic mass is 9.71. The summed E-state index contributed by atoms with van der Waals surface area (Å²) < 4.78 is 18.4. The summed E-state index contributed by atoms with van der Waals surface area (Å²) in [5.41, 5.74) is -2.58. The maximum Gasteiger partial charge on any atom is 0.408 e. The van der Waals surface area contributed by atoms with Gasteiger partial charge in [0.2, 0.25) is 0 Å². The first-order valence-electron chi connectivity index (χ1n) is 7.39. The Morgan fingerprint density at radius 2 is 1.73 bits per heavy atom. The molecule has 1 fully saturated rings. The lowest BCUT2D eigenvalue weighted by Crippen LogP contribution is -2.69. The zero-order valence-electron chi connectivity index (χ0n) is 14.1. The molecular weight excluding hydrogens is 291 g/mol. The molecule has 0 aliphatic heterocycles. The Kier molecular flexibility index (Phi) is 5.11. The molecule has 2 amide bonds. The Hall–Kier alpha value is -1.37. The summed E-state index contributed by atoms with van der Waals surface area (Å²) in [6, 6.07) is 0. The van der Waals surface area contributed by atoms with Gasteiger partial charge in [0.05, 0.1) is 5.54 Å². The number of rotatable bonds is 3. The summed E-state index contributed by atoms with van der Waals surface area (Å²) in [6.07, 6.45) is -3.71. The number of carbonyl (C=O) groups is 2. The van der Waals surface area contributed by atoms with Crippen molar-refractivity contribution in [1.29, 1.82) is 0 Å². The fourth-order valence-corrected chi connectivity index (χ4v) is 2.32. The van der Waals surface area contributed by atoms with Crippen LogP contribution in [0.3, 0.4) is 0 Å². The summed E-state index contributed by atoms with van der Waals surface area (Å²) in [5.74, 6) is -0.643. The average Bonchev–Trinajstić information content (AvgIpc) is 2.20. The standard InChI is InChI=1S/C15H27FN2O4/c1-13(2,3)17-11(20)10(19)15(7-9(16)8-15)18-12(21)22-14(4,5)6/h9-10,19H,7-8H2,1-6H3,(H,17,20)(H,18,21). The predicted molar refractivity (Wildman–Crippen MR) is 80.1 cm³/mol. The number of hydrogen-bond donors (Lipinski definition) is 3. The van der Waals surface area contributed by atoms with Crippen molar-refractivity contribution in [2.75, 3.05) is 0 Å². The molecule has 1 saturated carbocycles. The molecule has 1 aliphatic rings. The smallest absolute Gasteiger partial charge is 0.408 e. The summed E-state index contributed by atoms with van der Waals surface area (Å²) in [4.78, 5) is 24.0.